The number of nitrogens with one attached hydrogen (secondary N) is 1. The van der Waals surface area contributed by atoms with Crippen molar-refractivity contribution in [2.24, 2.45) is 11.8 Å². The van der Waals surface area contributed by atoms with Crippen LogP contribution in [0, 0.1) is 11.8 Å². The topological polar surface area (TPSA) is 66.4 Å². The van der Waals surface area contributed by atoms with Crippen LogP contribution in [0.1, 0.15) is 72.1 Å². The van der Waals surface area contributed by atoms with E-state index >= 15 is 0 Å². The van der Waals surface area contributed by atoms with Gasteiger partial charge in [0, 0.05) is 18.9 Å². The van der Waals surface area contributed by atoms with Crippen molar-refractivity contribution in [3.8, 4) is 0 Å². The molecule has 0 aromatic rings. The minimum absolute atomic E-state index is 0.133. The molecule has 2 atom stereocenters. The molecule has 20 heavy (non-hydrogen) atoms. The fourth-order valence-corrected chi connectivity index (χ4v) is 2.40. The first-order valence-electron chi connectivity index (χ1n) is 8.04. The molecule has 0 aliphatic rings. The Kier molecular flexibility index (Phi) is 11.1. The fourth-order valence-electron chi connectivity index (χ4n) is 2.40. The maximum absolute atomic E-state index is 12.0. The van der Waals surface area contributed by atoms with Crippen LogP contribution < -0.4 is 5.32 Å². The van der Waals surface area contributed by atoms with E-state index in [1.54, 1.807) is 0 Å². The number of unbranched alkanes of at least 4 members (excludes halogenated alkanes) is 1. The van der Waals surface area contributed by atoms with Crippen molar-refractivity contribution in [2.75, 3.05) is 6.54 Å². The molecule has 0 aliphatic heterocycles. The lowest BCUT2D eigenvalue weighted by molar-refractivity contribution is -0.137. The zero-order chi connectivity index (χ0) is 15.4. The third kappa shape index (κ3) is 8.94. The molecule has 118 valence electrons. The van der Waals surface area contributed by atoms with Crippen LogP contribution in [-0.4, -0.2) is 23.5 Å². The Hall–Kier alpha value is -1.06. The molecule has 0 aromatic heterocycles. The van der Waals surface area contributed by atoms with Crippen molar-refractivity contribution in [3.63, 3.8) is 0 Å². The highest BCUT2D eigenvalue weighted by atomic mass is 16.4. The molecule has 1 amide bonds. The summed E-state index contributed by atoms with van der Waals surface area (Å²) in [5, 5.41) is 11.7. The van der Waals surface area contributed by atoms with E-state index in [1.165, 1.54) is 0 Å². The zero-order valence-corrected chi connectivity index (χ0v) is 13.3. The highest BCUT2D eigenvalue weighted by Crippen LogP contribution is 2.16. The maximum atomic E-state index is 12.0. The standard InChI is InChI=1S/C16H31NO3/c1-4-7-8-14(6-3)16(20)17-12-11-13(5-2)9-10-15(18)19/h13-14H,4-12H2,1-3H3,(H,17,20)(H,18,19). The number of rotatable bonds is 12. The Labute approximate surface area is 123 Å². The number of hydrogen-bond donors (Lipinski definition) is 2. The highest BCUT2D eigenvalue weighted by Gasteiger charge is 2.16. The predicted molar refractivity (Wildman–Crippen MR) is 81.6 cm³/mol. The van der Waals surface area contributed by atoms with Gasteiger partial charge in [0.1, 0.15) is 0 Å². The molecular formula is C16H31NO3. The first-order valence-corrected chi connectivity index (χ1v) is 8.04. The minimum atomic E-state index is -0.738. The molecule has 0 spiro atoms. The Morgan fingerprint density at radius 2 is 1.75 bits per heavy atom. The summed E-state index contributed by atoms with van der Waals surface area (Å²) < 4.78 is 0. The van der Waals surface area contributed by atoms with Gasteiger partial charge < -0.3 is 10.4 Å². The van der Waals surface area contributed by atoms with E-state index in [0.717, 1.165) is 38.5 Å². The highest BCUT2D eigenvalue weighted by molar-refractivity contribution is 5.78. The number of carbonyl (C=O) groups excluding carboxylic acids is 1. The van der Waals surface area contributed by atoms with Gasteiger partial charge in [-0.3, -0.25) is 9.59 Å². The molecule has 0 saturated heterocycles. The molecule has 0 saturated carbocycles. The first kappa shape index (κ1) is 18.9. The summed E-state index contributed by atoms with van der Waals surface area (Å²) in [7, 11) is 0. The van der Waals surface area contributed by atoms with Crippen molar-refractivity contribution in [1.29, 1.82) is 0 Å². The largest absolute Gasteiger partial charge is 0.481 e. The Morgan fingerprint density at radius 1 is 1.05 bits per heavy atom. The second kappa shape index (κ2) is 11.7. The average molecular weight is 285 g/mol. The van der Waals surface area contributed by atoms with Gasteiger partial charge in [0.2, 0.25) is 5.91 Å². The van der Waals surface area contributed by atoms with Crippen LogP contribution in [-0.2, 0) is 9.59 Å². The maximum Gasteiger partial charge on any atom is 0.303 e. The molecule has 2 unspecified atom stereocenters. The molecular weight excluding hydrogens is 254 g/mol. The molecule has 0 aliphatic carbocycles. The van der Waals surface area contributed by atoms with Crippen LogP contribution >= 0.6 is 0 Å². The van der Waals surface area contributed by atoms with Crippen molar-refractivity contribution in [3.05, 3.63) is 0 Å². The van der Waals surface area contributed by atoms with E-state index in [9.17, 15) is 9.59 Å². The van der Waals surface area contributed by atoms with Crippen LogP contribution in [0.15, 0.2) is 0 Å². The van der Waals surface area contributed by atoms with Crippen molar-refractivity contribution in [2.45, 2.75) is 72.1 Å². The van der Waals surface area contributed by atoms with Crippen LogP contribution in [0.3, 0.4) is 0 Å². The van der Waals surface area contributed by atoms with E-state index in [0.29, 0.717) is 18.9 Å². The number of carbonyl (C=O) groups is 2. The van der Waals surface area contributed by atoms with Gasteiger partial charge in [0.25, 0.3) is 0 Å². The molecule has 0 rings (SSSR count). The van der Waals surface area contributed by atoms with Crippen LogP contribution in [0.25, 0.3) is 0 Å². The Bertz CT molecular complexity index is 279. The van der Waals surface area contributed by atoms with Gasteiger partial charge in [0.15, 0.2) is 0 Å². The average Bonchev–Trinajstić information content (AvgIpc) is 2.43. The van der Waals surface area contributed by atoms with Crippen LogP contribution in [0.5, 0.6) is 0 Å². The molecule has 2 N–H and O–H groups in total. The predicted octanol–water partition coefficient (Wildman–Crippen LogP) is 3.60. The monoisotopic (exact) mass is 285 g/mol. The van der Waals surface area contributed by atoms with Gasteiger partial charge in [-0.15, -0.1) is 0 Å². The van der Waals surface area contributed by atoms with Gasteiger partial charge in [-0.1, -0.05) is 40.0 Å². The van der Waals surface area contributed by atoms with E-state index in [4.69, 9.17) is 5.11 Å². The second-order valence-corrected chi connectivity index (χ2v) is 5.53. The molecule has 0 heterocycles. The number of amides is 1. The first-order chi connectivity index (χ1) is 9.54. The normalized spacial score (nSPS) is 13.8. The lowest BCUT2D eigenvalue weighted by Crippen LogP contribution is -2.32. The third-order valence-corrected chi connectivity index (χ3v) is 3.97. The Morgan fingerprint density at radius 3 is 2.25 bits per heavy atom. The van der Waals surface area contributed by atoms with Gasteiger partial charge in [0.05, 0.1) is 0 Å². The van der Waals surface area contributed by atoms with Gasteiger partial charge in [-0.05, 0) is 31.6 Å². The number of aliphatic carboxylic acids is 1. The molecule has 4 heteroatoms. The smallest absolute Gasteiger partial charge is 0.303 e. The fraction of sp³-hybridized carbons (Fsp3) is 0.875. The molecule has 0 fully saturated rings. The molecule has 0 radical (unpaired) electrons. The lowest BCUT2D eigenvalue weighted by atomic mass is 9.95. The number of hydrogen-bond acceptors (Lipinski definition) is 2. The van der Waals surface area contributed by atoms with Crippen LogP contribution in [0.4, 0.5) is 0 Å². The van der Waals surface area contributed by atoms with Gasteiger partial charge >= 0.3 is 5.97 Å². The van der Waals surface area contributed by atoms with Crippen molar-refractivity contribution < 1.29 is 14.7 Å². The second-order valence-electron chi connectivity index (χ2n) is 5.53. The van der Waals surface area contributed by atoms with E-state index in [1.807, 2.05) is 0 Å². The van der Waals surface area contributed by atoms with Crippen LogP contribution in [0.2, 0.25) is 0 Å². The minimum Gasteiger partial charge on any atom is -0.481 e. The summed E-state index contributed by atoms with van der Waals surface area (Å²) in [6.07, 6.45) is 6.85. The summed E-state index contributed by atoms with van der Waals surface area (Å²) in [5.41, 5.74) is 0. The zero-order valence-electron chi connectivity index (χ0n) is 13.3. The van der Waals surface area contributed by atoms with Gasteiger partial charge in [-0.2, -0.15) is 0 Å². The van der Waals surface area contributed by atoms with E-state index in [-0.39, 0.29) is 18.2 Å². The lowest BCUT2D eigenvalue weighted by Gasteiger charge is -2.17. The summed E-state index contributed by atoms with van der Waals surface area (Å²) >= 11 is 0. The molecule has 4 nitrogen and oxygen atoms in total. The van der Waals surface area contributed by atoms with E-state index < -0.39 is 5.97 Å². The summed E-state index contributed by atoms with van der Waals surface area (Å²) in [6, 6.07) is 0. The Balaban J connectivity index is 3.94. The van der Waals surface area contributed by atoms with Gasteiger partial charge in [-0.25, -0.2) is 0 Å². The quantitative estimate of drug-likeness (QED) is 0.576. The molecule has 0 bridgehead atoms. The number of carboxylic acids is 1. The van der Waals surface area contributed by atoms with Crippen molar-refractivity contribution >= 4 is 11.9 Å². The summed E-state index contributed by atoms with van der Waals surface area (Å²) in [6.45, 7) is 6.94. The van der Waals surface area contributed by atoms with E-state index in [2.05, 4.69) is 26.1 Å². The number of carboxylic acid groups (broad SMARTS) is 1. The summed E-state index contributed by atoms with van der Waals surface area (Å²) in [5.74, 6) is -0.0525. The van der Waals surface area contributed by atoms with Crippen molar-refractivity contribution in [1.82, 2.24) is 5.32 Å². The molecule has 0 aromatic carbocycles. The SMILES string of the molecule is CCCCC(CC)C(=O)NCCC(CC)CCC(=O)O. The summed E-state index contributed by atoms with van der Waals surface area (Å²) in [4.78, 5) is 22.6. The third-order valence-electron chi connectivity index (χ3n) is 3.97.